The number of benzene rings is 2. The lowest BCUT2D eigenvalue weighted by Crippen LogP contribution is -2.04. The average Bonchev–Trinajstić information content (AvgIpc) is 2.52. The van der Waals surface area contributed by atoms with Crippen LogP contribution in [0.2, 0.25) is 5.02 Å². The van der Waals surface area contributed by atoms with E-state index in [1.54, 1.807) is 12.1 Å². The van der Waals surface area contributed by atoms with Crippen LogP contribution >= 0.6 is 11.6 Å². The van der Waals surface area contributed by atoms with Gasteiger partial charge in [-0.25, -0.2) is 0 Å². The summed E-state index contributed by atoms with van der Waals surface area (Å²) in [4.78, 5) is 12.3. The summed E-state index contributed by atoms with van der Waals surface area (Å²) >= 11 is 6.09. The number of ketones is 1. The first-order valence-electron chi connectivity index (χ1n) is 7.90. The summed E-state index contributed by atoms with van der Waals surface area (Å²) in [6.45, 7) is 6.51. The zero-order chi connectivity index (χ0) is 16.1. The summed E-state index contributed by atoms with van der Waals surface area (Å²) in [6.07, 6.45) is 2.43. The highest BCUT2D eigenvalue weighted by molar-refractivity contribution is 6.33. The molecule has 2 aromatic rings. The molecule has 0 aliphatic rings. The van der Waals surface area contributed by atoms with E-state index in [0.29, 0.717) is 22.9 Å². The van der Waals surface area contributed by atoms with Crippen LogP contribution in [0.25, 0.3) is 0 Å². The number of aryl methyl sites for hydroxylation is 2. The number of hydrogen-bond acceptors (Lipinski definition) is 1. The molecule has 1 atom stereocenters. The first kappa shape index (κ1) is 16.8. The normalized spacial score (nSPS) is 12.2. The topological polar surface area (TPSA) is 17.1 Å². The fourth-order valence-electron chi connectivity index (χ4n) is 2.84. The molecule has 0 saturated carbocycles. The first-order chi connectivity index (χ1) is 10.5. The van der Waals surface area contributed by atoms with Gasteiger partial charge < -0.3 is 0 Å². The SMILES string of the molecule is CCc1ccc(C(C)CCC(=O)c2ccccc2Cl)c(C)c1. The fraction of sp³-hybridized carbons (Fsp3) is 0.350. The molecule has 0 heterocycles. The summed E-state index contributed by atoms with van der Waals surface area (Å²) in [5.74, 6) is 0.498. The third kappa shape index (κ3) is 3.98. The molecule has 0 spiro atoms. The zero-order valence-corrected chi connectivity index (χ0v) is 14.3. The van der Waals surface area contributed by atoms with Crippen LogP contribution in [0, 0.1) is 6.92 Å². The van der Waals surface area contributed by atoms with E-state index in [0.717, 1.165) is 12.8 Å². The number of rotatable bonds is 6. The summed E-state index contributed by atoms with van der Waals surface area (Å²) in [6, 6.07) is 13.9. The molecule has 2 aromatic carbocycles. The largest absolute Gasteiger partial charge is 0.294 e. The molecular weight excluding hydrogens is 292 g/mol. The van der Waals surface area contributed by atoms with Gasteiger partial charge in [-0.2, -0.15) is 0 Å². The lowest BCUT2D eigenvalue weighted by atomic mass is 9.90. The number of Topliss-reactive ketones (excluding diaryl/α,β-unsaturated/α-hetero) is 1. The van der Waals surface area contributed by atoms with E-state index in [4.69, 9.17) is 11.6 Å². The highest BCUT2D eigenvalue weighted by Crippen LogP contribution is 2.26. The van der Waals surface area contributed by atoms with Gasteiger partial charge in [0.2, 0.25) is 0 Å². The molecule has 0 aliphatic heterocycles. The number of carbonyl (C=O) groups is 1. The van der Waals surface area contributed by atoms with Gasteiger partial charge >= 0.3 is 0 Å². The molecule has 2 heteroatoms. The summed E-state index contributed by atoms with van der Waals surface area (Å²) in [5.41, 5.74) is 4.65. The highest BCUT2D eigenvalue weighted by Gasteiger charge is 2.14. The lowest BCUT2D eigenvalue weighted by Gasteiger charge is -2.15. The quantitative estimate of drug-likeness (QED) is 0.600. The second-order valence-corrected chi connectivity index (χ2v) is 6.29. The van der Waals surface area contributed by atoms with Crippen LogP contribution in [0.5, 0.6) is 0 Å². The molecule has 0 amide bonds. The van der Waals surface area contributed by atoms with Crippen LogP contribution < -0.4 is 0 Å². The van der Waals surface area contributed by atoms with Crippen LogP contribution in [0.4, 0.5) is 0 Å². The van der Waals surface area contributed by atoms with Crippen LogP contribution in [-0.2, 0) is 6.42 Å². The van der Waals surface area contributed by atoms with Crippen molar-refractivity contribution in [2.45, 2.75) is 46.0 Å². The van der Waals surface area contributed by atoms with Gasteiger partial charge in [0.15, 0.2) is 5.78 Å². The average molecular weight is 315 g/mol. The van der Waals surface area contributed by atoms with E-state index < -0.39 is 0 Å². The van der Waals surface area contributed by atoms with Gasteiger partial charge in [-0.15, -0.1) is 0 Å². The molecule has 0 aliphatic carbocycles. The minimum atomic E-state index is 0.125. The predicted molar refractivity (Wildman–Crippen MR) is 94.0 cm³/mol. The van der Waals surface area contributed by atoms with Gasteiger partial charge in [-0.05, 0) is 54.5 Å². The molecule has 0 N–H and O–H groups in total. The van der Waals surface area contributed by atoms with Crippen molar-refractivity contribution >= 4 is 17.4 Å². The summed E-state index contributed by atoms with van der Waals surface area (Å²) in [7, 11) is 0. The zero-order valence-electron chi connectivity index (χ0n) is 13.5. The number of halogens is 1. The Balaban J connectivity index is 2.02. The van der Waals surface area contributed by atoms with Gasteiger partial charge in [0.05, 0.1) is 5.02 Å². The lowest BCUT2D eigenvalue weighted by molar-refractivity contribution is 0.0978. The Bertz CT molecular complexity index is 661. The second kappa shape index (κ2) is 7.60. The van der Waals surface area contributed by atoms with E-state index in [9.17, 15) is 4.79 Å². The maximum atomic E-state index is 12.3. The summed E-state index contributed by atoms with van der Waals surface area (Å²) in [5, 5.41) is 0.545. The molecular formula is C20H23ClO. The van der Waals surface area contributed by atoms with Crippen molar-refractivity contribution in [3.05, 3.63) is 69.7 Å². The predicted octanol–water partition coefficient (Wildman–Crippen LogP) is 5.98. The molecule has 0 radical (unpaired) electrons. The van der Waals surface area contributed by atoms with Gasteiger partial charge in [0.1, 0.15) is 0 Å². The molecule has 116 valence electrons. The third-order valence-corrected chi connectivity index (χ3v) is 4.58. The van der Waals surface area contributed by atoms with Crippen molar-refractivity contribution in [1.29, 1.82) is 0 Å². The van der Waals surface area contributed by atoms with Crippen LogP contribution in [-0.4, -0.2) is 5.78 Å². The highest BCUT2D eigenvalue weighted by atomic mass is 35.5. The monoisotopic (exact) mass is 314 g/mol. The van der Waals surface area contributed by atoms with Crippen molar-refractivity contribution in [2.75, 3.05) is 0 Å². The second-order valence-electron chi connectivity index (χ2n) is 5.89. The molecule has 0 aromatic heterocycles. The van der Waals surface area contributed by atoms with E-state index in [1.165, 1.54) is 16.7 Å². The van der Waals surface area contributed by atoms with E-state index in [1.807, 2.05) is 12.1 Å². The number of carbonyl (C=O) groups excluding carboxylic acids is 1. The first-order valence-corrected chi connectivity index (χ1v) is 8.27. The Morgan fingerprint density at radius 2 is 1.91 bits per heavy atom. The Labute approximate surface area is 138 Å². The molecule has 0 bridgehead atoms. The third-order valence-electron chi connectivity index (χ3n) is 4.25. The standard InChI is InChI=1S/C20H23ClO/c1-4-16-10-11-17(15(3)13-16)14(2)9-12-20(22)18-7-5-6-8-19(18)21/h5-8,10-11,13-14H,4,9,12H2,1-3H3. The molecule has 22 heavy (non-hydrogen) atoms. The van der Waals surface area contributed by atoms with Gasteiger partial charge in [-0.1, -0.05) is 55.8 Å². The molecule has 1 nitrogen and oxygen atoms in total. The van der Waals surface area contributed by atoms with Crippen LogP contribution in [0.15, 0.2) is 42.5 Å². The van der Waals surface area contributed by atoms with Crippen molar-refractivity contribution < 1.29 is 4.79 Å². The van der Waals surface area contributed by atoms with E-state index in [2.05, 4.69) is 39.0 Å². The maximum Gasteiger partial charge on any atom is 0.164 e. The van der Waals surface area contributed by atoms with Gasteiger partial charge in [0.25, 0.3) is 0 Å². The Hall–Kier alpha value is -1.60. The smallest absolute Gasteiger partial charge is 0.164 e. The Kier molecular flexibility index (Phi) is 5.79. The van der Waals surface area contributed by atoms with E-state index >= 15 is 0 Å². The van der Waals surface area contributed by atoms with E-state index in [-0.39, 0.29) is 5.78 Å². The fourth-order valence-corrected chi connectivity index (χ4v) is 3.08. The van der Waals surface area contributed by atoms with Crippen molar-refractivity contribution in [2.24, 2.45) is 0 Å². The molecule has 1 unspecified atom stereocenters. The van der Waals surface area contributed by atoms with Crippen molar-refractivity contribution in [1.82, 2.24) is 0 Å². The van der Waals surface area contributed by atoms with Gasteiger partial charge in [0, 0.05) is 12.0 Å². The van der Waals surface area contributed by atoms with Crippen LogP contribution in [0.1, 0.15) is 59.7 Å². The molecule has 2 rings (SSSR count). The Morgan fingerprint density at radius 3 is 2.55 bits per heavy atom. The Morgan fingerprint density at radius 1 is 1.18 bits per heavy atom. The summed E-state index contributed by atoms with van der Waals surface area (Å²) < 4.78 is 0. The minimum Gasteiger partial charge on any atom is -0.294 e. The van der Waals surface area contributed by atoms with Crippen molar-refractivity contribution in [3.63, 3.8) is 0 Å². The number of hydrogen-bond donors (Lipinski definition) is 0. The van der Waals surface area contributed by atoms with Gasteiger partial charge in [-0.3, -0.25) is 4.79 Å². The van der Waals surface area contributed by atoms with Crippen LogP contribution in [0.3, 0.4) is 0 Å². The minimum absolute atomic E-state index is 0.125. The van der Waals surface area contributed by atoms with Crippen molar-refractivity contribution in [3.8, 4) is 0 Å². The molecule has 0 saturated heterocycles. The maximum absolute atomic E-state index is 12.3. The molecule has 0 fully saturated rings.